The molecule has 0 atom stereocenters. The number of methoxy groups -OCH3 is 2. The van der Waals surface area contributed by atoms with Gasteiger partial charge in [0.1, 0.15) is 0 Å². The van der Waals surface area contributed by atoms with Crippen LogP contribution in [-0.4, -0.2) is 41.6 Å². The fourth-order valence-electron chi connectivity index (χ4n) is 3.10. The van der Waals surface area contributed by atoms with Gasteiger partial charge in [-0.15, -0.1) is 11.3 Å². The summed E-state index contributed by atoms with van der Waals surface area (Å²) in [5, 5.41) is 3.80. The highest BCUT2D eigenvalue weighted by atomic mass is 32.2. The van der Waals surface area contributed by atoms with Crippen LogP contribution < -0.4 is 19.1 Å². The van der Waals surface area contributed by atoms with E-state index in [1.54, 1.807) is 24.3 Å². The molecule has 1 heterocycles. The minimum atomic E-state index is -3.81. The summed E-state index contributed by atoms with van der Waals surface area (Å²) in [6.07, 6.45) is 2.05. The predicted molar refractivity (Wildman–Crippen MR) is 117 cm³/mol. The van der Waals surface area contributed by atoms with Crippen molar-refractivity contribution in [1.29, 1.82) is 0 Å². The number of hydrogen-bond acceptors (Lipinski definition) is 6. The fourth-order valence-corrected chi connectivity index (χ4v) is 5.25. The topological polar surface area (TPSA) is 84.9 Å². The maximum atomic E-state index is 13.1. The summed E-state index contributed by atoms with van der Waals surface area (Å²) in [5.41, 5.74) is 0.504. The first-order chi connectivity index (χ1) is 14.3. The highest BCUT2D eigenvalue weighted by Gasteiger charge is 2.26. The second-order valence-electron chi connectivity index (χ2n) is 7.07. The van der Waals surface area contributed by atoms with Crippen molar-refractivity contribution in [2.75, 3.05) is 25.6 Å². The Kier molecular flexibility index (Phi) is 5.33. The normalized spacial score (nSPS) is 13.8. The Labute approximate surface area is 179 Å². The maximum Gasteiger partial charge on any atom is 0.264 e. The summed E-state index contributed by atoms with van der Waals surface area (Å²) in [7, 11) is 0.638. The molecule has 0 saturated heterocycles. The molecule has 9 heteroatoms. The van der Waals surface area contributed by atoms with E-state index in [2.05, 4.69) is 5.32 Å². The summed E-state index contributed by atoms with van der Waals surface area (Å²) >= 11 is 1.40. The zero-order valence-electron chi connectivity index (χ0n) is 16.8. The molecule has 1 aromatic heterocycles. The molecule has 1 fully saturated rings. The average molecular weight is 447 g/mol. The van der Waals surface area contributed by atoms with Crippen LogP contribution in [0.25, 0.3) is 10.1 Å². The third-order valence-electron chi connectivity index (χ3n) is 5.01. The van der Waals surface area contributed by atoms with Gasteiger partial charge in [0.05, 0.1) is 29.7 Å². The lowest BCUT2D eigenvalue weighted by Crippen LogP contribution is -2.26. The molecule has 4 rings (SSSR count). The van der Waals surface area contributed by atoms with E-state index in [9.17, 15) is 13.2 Å². The molecule has 0 aliphatic heterocycles. The number of fused-ring (bicyclic) bond motifs is 1. The number of benzene rings is 2. The van der Waals surface area contributed by atoms with Crippen molar-refractivity contribution in [3.8, 4) is 11.5 Å². The molecule has 1 N–H and O–H groups in total. The molecule has 1 saturated carbocycles. The van der Waals surface area contributed by atoms with Gasteiger partial charge in [-0.25, -0.2) is 8.42 Å². The van der Waals surface area contributed by atoms with E-state index in [-0.39, 0.29) is 16.8 Å². The molecule has 0 spiro atoms. The number of hydrogen-bond donors (Lipinski definition) is 1. The number of rotatable bonds is 7. The van der Waals surface area contributed by atoms with Crippen LogP contribution in [0, 0.1) is 0 Å². The largest absolute Gasteiger partial charge is 0.493 e. The Morgan fingerprint density at radius 3 is 2.47 bits per heavy atom. The number of sulfonamides is 1. The second kappa shape index (κ2) is 7.81. The Bertz CT molecular complexity index is 1220. The third kappa shape index (κ3) is 3.82. The fraction of sp³-hybridized carbons (Fsp3) is 0.286. The number of nitrogens with one attached hydrogen (secondary N) is 1. The monoisotopic (exact) mass is 446 g/mol. The quantitative estimate of drug-likeness (QED) is 0.599. The standard InChI is InChI=1S/C21H22N2O5S2/c1-23(30(25,26)16-7-8-17(27-2)18(12-16)28-3)15-6-9-19-13(10-15)11-20(29-19)21(24)22-14-4-5-14/h6-12,14H,4-5H2,1-3H3,(H,22,24). The van der Waals surface area contributed by atoms with Crippen LogP contribution in [0.2, 0.25) is 0 Å². The van der Waals surface area contributed by atoms with Gasteiger partial charge in [0.25, 0.3) is 15.9 Å². The Morgan fingerprint density at radius 2 is 1.80 bits per heavy atom. The number of amides is 1. The zero-order valence-corrected chi connectivity index (χ0v) is 18.5. The van der Waals surface area contributed by atoms with E-state index in [1.807, 2.05) is 6.07 Å². The number of carbonyl (C=O) groups is 1. The number of ether oxygens (including phenoxy) is 2. The van der Waals surface area contributed by atoms with Crippen LogP contribution in [0.15, 0.2) is 47.4 Å². The third-order valence-corrected chi connectivity index (χ3v) is 7.91. The van der Waals surface area contributed by atoms with Crippen LogP contribution in [0.5, 0.6) is 11.5 Å². The van der Waals surface area contributed by atoms with Crippen molar-refractivity contribution in [2.24, 2.45) is 0 Å². The first-order valence-electron chi connectivity index (χ1n) is 9.39. The van der Waals surface area contributed by atoms with Gasteiger partial charge in [-0.2, -0.15) is 0 Å². The van der Waals surface area contributed by atoms with Crippen molar-refractivity contribution in [1.82, 2.24) is 5.32 Å². The lowest BCUT2D eigenvalue weighted by Gasteiger charge is -2.20. The molecule has 2 aromatic carbocycles. The minimum absolute atomic E-state index is 0.0773. The van der Waals surface area contributed by atoms with Crippen LogP contribution in [0.4, 0.5) is 5.69 Å². The number of anilines is 1. The second-order valence-corrected chi connectivity index (χ2v) is 10.1. The smallest absolute Gasteiger partial charge is 0.264 e. The van der Waals surface area contributed by atoms with E-state index in [1.165, 1.54) is 49.0 Å². The van der Waals surface area contributed by atoms with Crippen LogP contribution in [0.3, 0.4) is 0 Å². The lowest BCUT2D eigenvalue weighted by molar-refractivity contribution is 0.0955. The van der Waals surface area contributed by atoms with Crippen molar-refractivity contribution in [3.05, 3.63) is 47.3 Å². The molecule has 0 radical (unpaired) electrons. The molecule has 0 bridgehead atoms. The molecule has 158 valence electrons. The van der Waals surface area contributed by atoms with E-state index in [0.717, 1.165) is 22.9 Å². The summed E-state index contributed by atoms with van der Waals surface area (Å²) in [6.45, 7) is 0. The number of thiophene rings is 1. The van der Waals surface area contributed by atoms with Gasteiger partial charge in [0, 0.05) is 23.9 Å². The molecule has 7 nitrogen and oxygen atoms in total. The van der Waals surface area contributed by atoms with E-state index >= 15 is 0 Å². The van der Waals surface area contributed by atoms with Crippen molar-refractivity contribution < 1.29 is 22.7 Å². The van der Waals surface area contributed by atoms with Gasteiger partial charge < -0.3 is 14.8 Å². The molecule has 1 amide bonds. The van der Waals surface area contributed by atoms with Gasteiger partial charge in [0.2, 0.25) is 0 Å². The van der Waals surface area contributed by atoms with Crippen molar-refractivity contribution >= 4 is 43.0 Å². The molecule has 3 aromatic rings. The molecule has 1 aliphatic carbocycles. The van der Waals surface area contributed by atoms with Crippen LogP contribution in [0.1, 0.15) is 22.5 Å². The molecule has 0 unspecified atom stereocenters. The van der Waals surface area contributed by atoms with Crippen molar-refractivity contribution in [2.45, 2.75) is 23.8 Å². The molecular formula is C21H22N2O5S2. The molecule has 1 aliphatic rings. The van der Waals surface area contributed by atoms with Gasteiger partial charge in [0.15, 0.2) is 11.5 Å². The minimum Gasteiger partial charge on any atom is -0.493 e. The Balaban J connectivity index is 1.64. The maximum absolute atomic E-state index is 13.1. The highest BCUT2D eigenvalue weighted by Crippen LogP contribution is 2.34. The highest BCUT2D eigenvalue weighted by molar-refractivity contribution is 7.92. The average Bonchev–Trinajstić information content (AvgIpc) is 3.46. The summed E-state index contributed by atoms with van der Waals surface area (Å²) in [4.78, 5) is 13.0. The SMILES string of the molecule is COc1ccc(S(=O)(=O)N(C)c2ccc3sc(C(=O)NC4CC4)cc3c2)cc1OC. The van der Waals surface area contributed by atoms with E-state index in [0.29, 0.717) is 22.1 Å². The van der Waals surface area contributed by atoms with E-state index < -0.39 is 10.0 Å². The number of carbonyl (C=O) groups excluding carboxylic acids is 1. The molecular weight excluding hydrogens is 424 g/mol. The predicted octanol–water partition coefficient (Wildman–Crippen LogP) is 3.64. The van der Waals surface area contributed by atoms with Gasteiger partial charge in [-0.05, 0) is 54.6 Å². The summed E-state index contributed by atoms with van der Waals surface area (Å²) in [6, 6.07) is 11.9. The first-order valence-corrected chi connectivity index (χ1v) is 11.6. The Morgan fingerprint density at radius 1 is 1.07 bits per heavy atom. The van der Waals surface area contributed by atoms with E-state index in [4.69, 9.17) is 9.47 Å². The molecule has 30 heavy (non-hydrogen) atoms. The van der Waals surface area contributed by atoms with Crippen LogP contribution >= 0.6 is 11.3 Å². The van der Waals surface area contributed by atoms with Gasteiger partial charge in [-0.1, -0.05) is 0 Å². The zero-order chi connectivity index (χ0) is 21.5. The summed E-state index contributed by atoms with van der Waals surface area (Å²) < 4.78 is 38.8. The van der Waals surface area contributed by atoms with Gasteiger partial charge >= 0.3 is 0 Å². The first kappa shape index (κ1) is 20.5. The lowest BCUT2D eigenvalue weighted by atomic mass is 10.2. The van der Waals surface area contributed by atoms with Crippen molar-refractivity contribution in [3.63, 3.8) is 0 Å². The number of nitrogens with zero attached hydrogens (tertiary/aromatic N) is 1. The summed E-state index contributed by atoms with van der Waals surface area (Å²) in [5.74, 6) is 0.717. The van der Waals surface area contributed by atoms with Crippen LogP contribution in [-0.2, 0) is 10.0 Å². The Hall–Kier alpha value is -2.78. The van der Waals surface area contributed by atoms with Gasteiger partial charge in [-0.3, -0.25) is 9.10 Å².